The van der Waals surface area contributed by atoms with E-state index in [2.05, 4.69) is 4.74 Å². The second-order valence-electron chi connectivity index (χ2n) is 8.51. The minimum atomic E-state index is -1.32. The Hall–Kier alpha value is -3.45. The van der Waals surface area contributed by atoms with Crippen LogP contribution in [0.15, 0.2) is 72.8 Å². The van der Waals surface area contributed by atoms with E-state index in [0.717, 1.165) is 11.1 Å². The van der Waals surface area contributed by atoms with Crippen molar-refractivity contribution in [2.24, 2.45) is 5.92 Å². The van der Waals surface area contributed by atoms with Crippen molar-refractivity contribution in [3.63, 3.8) is 0 Å². The van der Waals surface area contributed by atoms with Gasteiger partial charge < -0.3 is 18.9 Å². The molecule has 0 aliphatic rings. The van der Waals surface area contributed by atoms with Gasteiger partial charge in [-0.1, -0.05) is 79.7 Å². The zero-order valence-corrected chi connectivity index (χ0v) is 20.8. The highest BCUT2D eigenvalue weighted by Crippen LogP contribution is 2.31. The van der Waals surface area contributed by atoms with Gasteiger partial charge in [0.1, 0.15) is 18.3 Å². The Labute approximate surface area is 207 Å². The van der Waals surface area contributed by atoms with Crippen LogP contribution in [0.2, 0.25) is 0 Å². The molecule has 0 bridgehead atoms. The van der Waals surface area contributed by atoms with Gasteiger partial charge in [0, 0.05) is 12.8 Å². The number of carbonyl (C=O) groups excluding carboxylic acids is 3. The lowest BCUT2D eigenvalue weighted by Crippen LogP contribution is -2.49. The zero-order valence-electron chi connectivity index (χ0n) is 20.8. The maximum atomic E-state index is 12.8. The topological polar surface area (TPSA) is 88.1 Å². The van der Waals surface area contributed by atoms with Crippen molar-refractivity contribution in [2.45, 2.75) is 58.5 Å². The van der Waals surface area contributed by atoms with E-state index in [9.17, 15) is 14.4 Å². The lowest BCUT2D eigenvalue weighted by molar-refractivity contribution is -0.187. The normalized spacial score (nSPS) is 14.5. The van der Waals surface area contributed by atoms with Gasteiger partial charge in [0.25, 0.3) is 0 Å². The smallest absolute Gasteiger partial charge is 0.310 e. The molecule has 3 atom stereocenters. The maximum absolute atomic E-state index is 12.8. The lowest BCUT2D eigenvalue weighted by Gasteiger charge is -2.38. The van der Waals surface area contributed by atoms with Crippen LogP contribution < -0.4 is 0 Å². The number of hydrogen-bond acceptors (Lipinski definition) is 7. The summed E-state index contributed by atoms with van der Waals surface area (Å²) in [5.74, 6) is -1.74. The number of hydrogen-bond donors (Lipinski definition) is 0. The van der Waals surface area contributed by atoms with E-state index in [1.807, 2.05) is 67.6 Å². The van der Waals surface area contributed by atoms with E-state index < -0.39 is 23.6 Å². The summed E-state index contributed by atoms with van der Waals surface area (Å²) in [5, 5.41) is 0. The highest BCUT2D eigenvalue weighted by molar-refractivity contribution is 5.73. The summed E-state index contributed by atoms with van der Waals surface area (Å²) in [6.07, 6.45) is 2.66. The fourth-order valence-electron chi connectivity index (χ4n) is 3.81. The quantitative estimate of drug-likeness (QED) is 0.231. The van der Waals surface area contributed by atoms with Crippen molar-refractivity contribution < 1.29 is 33.3 Å². The Bertz CT molecular complexity index is 971. The summed E-state index contributed by atoms with van der Waals surface area (Å²) < 4.78 is 22.1. The highest BCUT2D eigenvalue weighted by Gasteiger charge is 2.43. The first-order valence-corrected chi connectivity index (χ1v) is 11.5. The number of methoxy groups -OCH3 is 1. The Balaban J connectivity index is 2.23. The second-order valence-corrected chi connectivity index (χ2v) is 8.51. The molecule has 35 heavy (non-hydrogen) atoms. The maximum Gasteiger partial charge on any atom is 0.310 e. The molecular formula is C28H34O7. The monoisotopic (exact) mass is 482 g/mol. The van der Waals surface area contributed by atoms with E-state index in [0.29, 0.717) is 0 Å². The molecule has 2 aromatic carbocycles. The molecule has 2 aromatic rings. The molecule has 0 saturated heterocycles. The molecule has 0 radical (unpaired) electrons. The van der Waals surface area contributed by atoms with E-state index in [-0.39, 0.29) is 37.9 Å². The Morgan fingerprint density at radius 3 is 2.03 bits per heavy atom. The van der Waals surface area contributed by atoms with Crippen LogP contribution in [0.4, 0.5) is 0 Å². The summed E-state index contributed by atoms with van der Waals surface area (Å²) in [5.41, 5.74) is 0.467. The average Bonchev–Trinajstić information content (AvgIpc) is 2.83. The first kappa shape index (κ1) is 27.8. The molecule has 0 spiro atoms. The molecule has 0 aliphatic carbocycles. The van der Waals surface area contributed by atoms with Crippen LogP contribution in [0.1, 0.15) is 44.7 Å². The van der Waals surface area contributed by atoms with Crippen LogP contribution in [-0.2, 0) is 46.5 Å². The third-order valence-electron chi connectivity index (χ3n) is 5.42. The fourth-order valence-corrected chi connectivity index (χ4v) is 3.81. The summed E-state index contributed by atoms with van der Waals surface area (Å²) >= 11 is 0. The first-order chi connectivity index (χ1) is 16.7. The van der Waals surface area contributed by atoms with Crippen molar-refractivity contribution in [2.75, 3.05) is 7.11 Å². The van der Waals surface area contributed by atoms with Gasteiger partial charge in [-0.25, -0.2) is 0 Å². The predicted octanol–water partition coefficient (Wildman–Crippen LogP) is 4.78. The van der Waals surface area contributed by atoms with Gasteiger partial charge in [0.15, 0.2) is 0 Å². The van der Waals surface area contributed by atoms with Crippen LogP contribution in [0.3, 0.4) is 0 Å². The molecule has 0 saturated carbocycles. The van der Waals surface area contributed by atoms with Crippen molar-refractivity contribution in [3.05, 3.63) is 83.9 Å². The molecule has 0 heterocycles. The van der Waals surface area contributed by atoms with E-state index in [1.54, 1.807) is 19.1 Å². The number of ether oxygens (including phenoxy) is 4. The van der Waals surface area contributed by atoms with Crippen molar-refractivity contribution in [3.8, 4) is 0 Å². The van der Waals surface area contributed by atoms with Gasteiger partial charge >= 0.3 is 17.9 Å². The summed E-state index contributed by atoms with van der Waals surface area (Å²) in [4.78, 5) is 36.4. The van der Waals surface area contributed by atoms with Crippen LogP contribution in [0, 0.1) is 5.92 Å². The van der Waals surface area contributed by atoms with Gasteiger partial charge in [-0.3, -0.25) is 14.4 Å². The Kier molecular flexibility index (Phi) is 11.2. The number of benzene rings is 2. The second kappa shape index (κ2) is 14.1. The standard InChI is InChI=1S/C28H34O7/c1-21(12-11-17-25(30)32-4)27(34-20-24-15-9-6-10-16-24)28(3,35-22(2)29)18-26(31)33-19-23-13-7-5-8-14-23/h5-16,21,27H,17-20H2,1-4H3/b12-11+/t21-,27+,28+/m0/s1. The minimum Gasteiger partial charge on any atom is -0.469 e. The van der Waals surface area contributed by atoms with E-state index in [1.165, 1.54) is 14.0 Å². The Morgan fingerprint density at radius 1 is 0.914 bits per heavy atom. The number of carbonyl (C=O) groups is 3. The Morgan fingerprint density at radius 2 is 1.49 bits per heavy atom. The van der Waals surface area contributed by atoms with Gasteiger partial charge in [-0.2, -0.15) is 0 Å². The van der Waals surface area contributed by atoms with Crippen molar-refractivity contribution in [1.82, 2.24) is 0 Å². The summed E-state index contributed by atoms with van der Waals surface area (Å²) in [7, 11) is 1.32. The molecule has 0 fully saturated rings. The molecule has 7 heteroatoms. The molecule has 188 valence electrons. The third-order valence-corrected chi connectivity index (χ3v) is 5.42. The van der Waals surface area contributed by atoms with Gasteiger partial charge in [-0.05, 0) is 18.1 Å². The number of esters is 3. The zero-order chi connectivity index (χ0) is 25.7. The fraction of sp³-hybridized carbons (Fsp3) is 0.393. The predicted molar refractivity (Wildman–Crippen MR) is 131 cm³/mol. The minimum absolute atomic E-state index is 0.0929. The lowest BCUT2D eigenvalue weighted by atomic mass is 9.85. The van der Waals surface area contributed by atoms with Crippen LogP contribution in [0.25, 0.3) is 0 Å². The molecule has 0 aromatic heterocycles. The van der Waals surface area contributed by atoms with E-state index >= 15 is 0 Å². The van der Waals surface area contributed by atoms with Crippen LogP contribution >= 0.6 is 0 Å². The third kappa shape index (κ3) is 9.74. The molecule has 0 N–H and O–H groups in total. The number of rotatable bonds is 13. The summed E-state index contributed by atoms with van der Waals surface area (Å²) in [6.45, 7) is 5.19. The average molecular weight is 483 g/mol. The van der Waals surface area contributed by atoms with Crippen molar-refractivity contribution in [1.29, 1.82) is 0 Å². The molecular weight excluding hydrogens is 448 g/mol. The van der Waals surface area contributed by atoms with Gasteiger partial charge in [-0.15, -0.1) is 0 Å². The van der Waals surface area contributed by atoms with E-state index in [4.69, 9.17) is 14.2 Å². The largest absolute Gasteiger partial charge is 0.469 e. The molecule has 2 rings (SSSR count). The van der Waals surface area contributed by atoms with Crippen molar-refractivity contribution >= 4 is 17.9 Å². The van der Waals surface area contributed by atoms with Crippen LogP contribution in [0.5, 0.6) is 0 Å². The molecule has 0 unspecified atom stereocenters. The first-order valence-electron chi connectivity index (χ1n) is 11.5. The van der Waals surface area contributed by atoms with Gasteiger partial charge in [0.05, 0.1) is 26.6 Å². The van der Waals surface area contributed by atoms with Gasteiger partial charge in [0.2, 0.25) is 0 Å². The molecule has 7 nitrogen and oxygen atoms in total. The SMILES string of the molecule is COC(=O)C/C=C/[C@H](C)[C@@H](OCc1ccccc1)[C@@](C)(CC(=O)OCc1ccccc1)OC(C)=O. The molecule has 0 aliphatic heterocycles. The van der Waals surface area contributed by atoms with Crippen LogP contribution in [-0.4, -0.2) is 36.7 Å². The summed E-state index contributed by atoms with van der Waals surface area (Å²) in [6, 6.07) is 18.9. The highest BCUT2D eigenvalue weighted by atomic mass is 16.6. The molecule has 0 amide bonds.